The van der Waals surface area contributed by atoms with Crippen LogP contribution in [-0.4, -0.2) is 50.6 Å². The number of nitrogens with zero attached hydrogens (tertiary/aromatic N) is 1. The molecule has 0 radical (unpaired) electrons. The van der Waals surface area contributed by atoms with Crippen LogP contribution in [0.5, 0.6) is 5.75 Å². The highest BCUT2D eigenvalue weighted by molar-refractivity contribution is 7.91. The highest BCUT2D eigenvalue weighted by atomic mass is 32.2. The first-order chi connectivity index (χ1) is 9.95. The number of anilines is 1. The van der Waals surface area contributed by atoms with Crippen LogP contribution in [0.15, 0.2) is 24.3 Å². The lowest BCUT2D eigenvalue weighted by molar-refractivity contribution is 0.197. The standard InChI is InChI=1S/C14H20N2O4S/c1-3-16(12-8-9-21(18,19)10-12)14(17)15-11-4-6-13(20-2)7-5-11/h4-7,12H,3,8-10H2,1-2H3,(H,15,17). The molecule has 1 aliphatic rings. The van der Waals surface area contributed by atoms with Gasteiger partial charge in [-0.05, 0) is 37.6 Å². The molecule has 1 aliphatic heterocycles. The third-order valence-electron chi connectivity index (χ3n) is 3.59. The first-order valence-electron chi connectivity index (χ1n) is 6.87. The molecule has 2 amide bonds. The van der Waals surface area contributed by atoms with Crippen molar-refractivity contribution in [3.05, 3.63) is 24.3 Å². The summed E-state index contributed by atoms with van der Waals surface area (Å²) >= 11 is 0. The third-order valence-corrected chi connectivity index (χ3v) is 5.34. The number of amides is 2. The number of urea groups is 1. The van der Waals surface area contributed by atoms with Gasteiger partial charge in [0.2, 0.25) is 0 Å². The van der Waals surface area contributed by atoms with E-state index in [1.54, 1.807) is 36.3 Å². The molecule has 2 rings (SSSR count). The van der Waals surface area contributed by atoms with Gasteiger partial charge in [0, 0.05) is 18.3 Å². The molecular formula is C14H20N2O4S. The van der Waals surface area contributed by atoms with E-state index in [0.29, 0.717) is 24.4 Å². The van der Waals surface area contributed by atoms with E-state index in [9.17, 15) is 13.2 Å². The lowest BCUT2D eigenvalue weighted by Gasteiger charge is -2.27. The largest absolute Gasteiger partial charge is 0.497 e. The van der Waals surface area contributed by atoms with E-state index in [2.05, 4.69) is 5.32 Å². The van der Waals surface area contributed by atoms with E-state index >= 15 is 0 Å². The minimum atomic E-state index is -3.00. The molecule has 0 bridgehead atoms. The second-order valence-corrected chi connectivity index (χ2v) is 7.23. The van der Waals surface area contributed by atoms with Crippen molar-refractivity contribution in [1.29, 1.82) is 0 Å². The molecule has 21 heavy (non-hydrogen) atoms. The number of rotatable bonds is 4. The third kappa shape index (κ3) is 3.87. The van der Waals surface area contributed by atoms with Gasteiger partial charge in [0.25, 0.3) is 0 Å². The molecule has 1 N–H and O–H groups in total. The second-order valence-electron chi connectivity index (χ2n) is 5.00. The van der Waals surface area contributed by atoms with Crippen molar-refractivity contribution < 1.29 is 17.9 Å². The van der Waals surface area contributed by atoms with Crippen molar-refractivity contribution in [2.45, 2.75) is 19.4 Å². The maximum absolute atomic E-state index is 12.3. The van der Waals surface area contributed by atoms with Gasteiger partial charge in [-0.15, -0.1) is 0 Å². The predicted octanol–water partition coefficient (Wildman–Crippen LogP) is 1.74. The highest BCUT2D eigenvalue weighted by Gasteiger charge is 2.33. The van der Waals surface area contributed by atoms with Gasteiger partial charge in [-0.1, -0.05) is 0 Å². The summed E-state index contributed by atoms with van der Waals surface area (Å²) < 4.78 is 28.1. The zero-order chi connectivity index (χ0) is 15.5. The van der Waals surface area contributed by atoms with Crippen LogP contribution in [0.2, 0.25) is 0 Å². The van der Waals surface area contributed by atoms with Crippen molar-refractivity contribution >= 4 is 21.6 Å². The Balaban J connectivity index is 2.03. The lowest BCUT2D eigenvalue weighted by atomic mass is 10.2. The van der Waals surface area contributed by atoms with Gasteiger partial charge in [0.15, 0.2) is 9.84 Å². The first kappa shape index (κ1) is 15.6. The molecule has 1 unspecified atom stereocenters. The van der Waals surface area contributed by atoms with Crippen LogP contribution in [0, 0.1) is 0 Å². The number of carbonyl (C=O) groups is 1. The van der Waals surface area contributed by atoms with Crippen LogP contribution in [-0.2, 0) is 9.84 Å². The fraction of sp³-hybridized carbons (Fsp3) is 0.500. The first-order valence-corrected chi connectivity index (χ1v) is 8.69. The number of hydrogen-bond donors (Lipinski definition) is 1. The number of carbonyl (C=O) groups excluding carboxylic acids is 1. The van der Waals surface area contributed by atoms with E-state index in [1.165, 1.54) is 0 Å². The lowest BCUT2D eigenvalue weighted by Crippen LogP contribution is -2.43. The Morgan fingerprint density at radius 3 is 2.52 bits per heavy atom. The van der Waals surface area contributed by atoms with E-state index < -0.39 is 9.84 Å². The molecule has 1 heterocycles. The molecule has 0 aliphatic carbocycles. The van der Waals surface area contributed by atoms with Crippen LogP contribution >= 0.6 is 0 Å². The summed E-state index contributed by atoms with van der Waals surface area (Å²) in [5, 5.41) is 2.79. The van der Waals surface area contributed by atoms with E-state index in [-0.39, 0.29) is 23.6 Å². The zero-order valence-electron chi connectivity index (χ0n) is 12.2. The Morgan fingerprint density at radius 2 is 2.05 bits per heavy atom. The van der Waals surface area contributed by atoms with Gasteiger partial charge in [0.1, 0.15) is 5.75 Å². The van der Waals surface area contributed by atoms with Crippen molar-refractivity contribution in [3.63, 3.8) is 0 Å². The molecule has 116 valence electrons. The fourth-order valence-corrected chi connectivity index (χ4v) is 4.19. The number of hydrogen-bond acceptors (Lipinski definition) is 4. The van der Waals surface area contributed by atoms with Crippen LogP contribution in [0.4, 0.5) is 10.5 Å². The van der Waals surface area contributed by atoms with Gasteiger partial charge < -0.3 is 15.0 Å². The number of ether oxygens (including phenoxy) is 1. The van der Waals surface area contributed by atoms with Crippen molar-refractivity contribution in [1.82, 2.24) is 4.90 Å². The molecule has 1 atom stereocenters. The van der Waals surface area contributed by atoms with Crippen molar-refractivity contribution in [3.8, 4) is 5.75 Å². The summed E-state index contributed by atoms with van der Waals surface area (Å²) in [6, 6.07) is 6.49. The maximum Gasteiger partial charge on any atom is 0.322 e. The Bertz CT molecular complexity index is 598. The molecule has 0 spiro atoms. The normalized spacial score (nSPS) is 20.0. The molecule has 1 aromatic rings. The van der Waals surface area contributed by atoms with Crippen LogP contribution in [0.25, 0.3) is 0 Å². The summed E-state index contributed by atoms with van der Waals surface area (Å²) in [5.74, 6) is 0.920. The van der Waals surface area contributed by atoms with Gasteiger partial charge >= 0.3 is 6.03 Å². The number of methoxy groups -OCH3 is 1. The topological polar surface area (TPSA) is 75.7 Å². The van der Waals surface area contributed by atoms with E-state index in [0.717, 1.165) is 0 Å². The van der Waals surface area contributed by atoms with E-state index in [1.807, 2.05) is 6.92 Å². The fourth-order valence-electron chi connectivity index (χ4n) is 2.46. The van der Waals surface area contributed by atoms with Crippen molar-refractivity contribution in [2.75, 3.05) is 30.5 Å². The monoisotopic (exact) mass is 312 g/mol. The molecule has 1 fully saturated rings. The van der Waals surface area contributed by atoms with Gasteiger partial charge in [-0.3, -0.25) is 0 Å². The Morgan fingerprint density at radius 1 is 1.38 bits per heavy atom. The smallest absolute Gasteiger partial charge is 0.322 e. The van der Waals surface area contributed by atoms with Crippen LogP contribution < -0.4 is 10.1 Å². The molecule has 1 aromatic carbocycles. The maximum atomic E-state index is 12.3. The van der Waals surface area contributed by atoms with Crippen LogP contribution in [0.1, 0.15) is 13.3 Å². The van der Waals surface area contributed by atoms with Crippen molar-refractivity contribution in [2.24, 2.45) is 0 Å². The van der Waals surface area contributed by atoms with Crippen LogP contribution in [0.3, 0.4) is 0 Å². The molecule has 0 aromatic heterocycles. The summed E-state index contributed by atoms with van der Waals surface area (Å²) in [6.45, 7) is 2.32. The SMILES string of the molecule is CCN(C(=O)Nc1ccc(OC)cc1)C1CCS(=O)(=O)C1. The summed E-state index contributed by atoms with van der Waals surface area (Å²) in [7, 11) is -1.43. The Hall–Kier alpha value is -1.76. The second kappa shape index (κ2) is 6.34. The van der Waals surface area contributed by atoms with Gasteiger partial charge in [0.05, 0.1) is 18.6 Å². The molecule has 7 heteroatoms. The average Bonchev–Trinajstić information content (AvgIpc) is 2.80. The molecular weight excluding hydrogens is 292 g/mol. The number of nitrogens with one attached hydrogen (secondary N) is 1. The average molecular weight is 312 g/mol. The summed E-state index contributed by atoms with van der Waals surface area (Å²) in [4.78, 5) is 13.9. The summed E-state index contributed by atoms with van der Waals surface area (Å²) in [6.07, 6.45) is 0.506. The van der Waals surface area contributed by atoms with E-state index in [4.69, 9.17) is 4.74 Å². The summed E-state index contributed by atoms with van der Waals surface area (Å²) in [5.41, 5.74) is 0.653. The minimum Gasteiger partial charge on any atom is -0.497 e. The highest BCUT2D eigenvalue weighted by Crippen LogP contribution is 2.20. The zero-order valence-corrected chi connectivity index (χ0v) is 13.0. The number of sulfone groups is 1. The number of benzene rings is 1. The molecule has 6 nitrogen and oxygen atoms in total. The van der Waals surface area contributed by atoms with Gasteiger partial charge in [-0.2, -0.15) is 0 Å². The van der Waals surface area contributed by atoms with Gasteiger partial charge in [-0.25, -0.2) is 13.2 Å². The Kier molecular flexibility index (Phi) is 4.72. The molecule has 1 saturated heterocycles. The Labute approximate surface area is 125 Å². The quantitative estimate of drug-likeness (QED) is 0.919. The minimum absolute atomic E-state index is 0.0525. The molecule has 0 saturated carbocycles. The predicted molar refractivity (Wildman–Crippen MR) is 81.5 cm³/mol.